The van der Waals surface area contributed by atoms with Gasteiger partial charge in [-0.1, -0.05) is 18.6 Å². The van der Waals surface area contributed by atoms with Gasteiger partial charge in [0, 0.05) is 44.0 Å². The second kappa shape index (κ2) is 6.10. The lowest BCUT2D eigenvalue weighted by Crippen LogP contribution is -2.59. The first-order valence-corrected chi connectivity index (χ1v) is 9.70. The van der Waals surface area contributed by atoms with E-state index in [0.717, 1.165) is 23.5 Å². The van der Waals surface area contributed by atoms with Crippen LogP contribution in [-0.4, -0.2) is 41.3 Å². The van der Waals surface area contributed by atoms with Crippen LogP contribution in [0.25, 0.3) is 11.3 Å². The molecule has 0 amide bonds. The summed E-state index contributed by atoms with van der Waals surface area (Å²) in [5.74, 6) is 0. The van der Waals surface area contributed by atoms with Crippen molar-refractivity contribution in [3.8, 4) is 11.3 Å². The summed E-state index contributed by atoms with van der Waals surface area (Å²) in [5, 5.41) is 8.93. The summed E-state index contributed by atoms with van der Waals surface area (Å²) in [6.45, 7) is 5.84. The highest BCUT2D eigenvalue weighted by molar-refractivity contribution is 5.63. The van der Waals surface area contributed by atoms with E-state index in [0.29, 0.717) is 5.41 Å². The highest BCUT2D eigenvalue weighted by atomic mass is 15.2. The molecule has 4 nitrogen and oxygen atoms in total. The van der Waals surface area contributed by atoms with Crippen molar-refractivity contribution in [3.63, 3.8) is 0 Å². The monoisotopic (exact) mass is 334 g/mol. The van der Waals surface area contributed by atoms with Crippen molar-refractivity contribution < 1.29 is 0 Å². The molecule has 0 N–H and O–H groups in total. The fraction of sp³-hybridized carbons (Fsp3) is 0.524. The highest BCUT2D eigenvalue weighted by Gasteiger charge is 2.46. The standard InChI is InChI=1S/C21H26N4/c1-2-13-25(12-1)19-7-4-17(5-8-19)20-9-6-18(22-23-20)14-24-15-21(16-24)10-3-11-21/h4-9H,1-3,10-16H2. The molecule has 5 rings (SSSR count). The van der Waals surface area contributed by atoms with Gasteiger partial charge in [0.1, 0.15) is 0 Å². The minimum atomic E-state index is 0.685. The van der Waals surface area contributed by atoms with E-state index in [2.05, 4.69) is 56.4 Å². The van der Waals surface area contributed by atoms with Crippen LogP contribution < -0.4 is 4.90 Å². The normalized spacial score (nSPS) is 22.0. The summed E-state index contributed by atoms with van der Waals surface area (Å²) in [5.41, 5.74) is 5.22. The molecule has 0 unspecified atom stereocenters. The number of aromatic nitrogens is 2. The van der Waals surface area contributed by atoms with Gasteiger partial charge in [0.25, 0.3) is 0 Å². The molecule has 1 aliphatic carbocycles. The quantitative estimate of drug-likeness (QED) is 0.853. The lowest BCUT2D eigenvalue weighted by Gasteiger charge is -2.56. The molecule has 3 aliphatic rings. The van der Waals surface area contributed by atoms with Gasteiger partial charge in [0.2, 0.25) is 0 Å². The molecule has 130 valence electrons. The second-order valence-corrected chi connectivity index (χ2v) is 8.15. The Kier molecular flexibility index (Phi) is 3.74. The van der Waals surface area contributed by atoms with Gasteiger partial charge in [0.05, 0.1) is 11.4 Å². The van der Waals surface area contributed by atoms with Crippen LogP contribution in [0.5, 0.6) is 0 Å². The van der Waals surface area contributed by atoms with Gasteiger partial charge in [-0.05, 0) is 55.4 Å². The molecule has 3 fully saturated rings. The Bertz CT molecular complexity index is 719. The molecule has 0 radical (unpaired) electrons. The van der Waals surface area contributed by atoms with Crippen molar-refractivity contribution in [1.29, 1.82) is 0 Å². The molecule has 2 aliphatic heterocycles. The van der Waals surface area contributed by atoms with Gasteiger partial charge < -0.3 is 4.90 Å². The molecule has 1 spiro atoms. The first-order chi connectivity index (χ1) is 12.3. The number of rotatable bonds is 4. The van der Waals surface area contributed by atoms with E-state index in [-0.39, 0.29) is 0 Å². The highest BCUT2D eigenvalue weighted by Crippen LogP contribution is 2.48. The Morgan fingerprint density at radius 2 is 1.60 bits per heavy atom. The van der Waals surface area contributed by atoms with Crippen LogP contribution in [0.1, 0.15) is 37.8 Å². The molecule has 1 saturated carbocycles. The molecular formula is C21H26N4. The van der Waals surface area contributed by atoms with Crippen LogP contribution in [0.4, 0.5) is 5.69 Å². The zero-order chi connectivity index (χ0) is 16.7. The summed E-state index contributed by atoms with van der Waals surface area (Å²) in [7, 11) is 0. The van der Waals surface area contributed by atoms with Crippen molar-refractivity contribution in [1.82, 2.24) is 15.1 Å². The fourth-order valence-corrected chi connectivity index (χ4v) is 4.65. The molecule has 1 aromatic heterocycles. The average Bonchev–Trinajstić information content (AvgIpc) is 3.11. The molecule has 0 bridgehead atoms. The Morgan fingerprint density at radius 1 is 0.840 bits per heavy atom. The molecular weight excluding hydrogens is 308 g/mol. The number of nitrogens with zero attached hydrogens (tertiary/aromatic N) is 4. The van der Waals surface area contributed by atoms with Crippen molar-refractivity contribution in [3.05, 3.63) is 42.1 Å². The maximum absolute atomic E-state index is 4.47. The van der Waals surface area contributed by atoms with Crippen LogP contribution in [0, 0.1) is 5.41 Å². The number of hydrogen-bond acceptors (Lipinski definition) is 4. The number of anilines is 1. The fourth-order valence-electron chi connectivity index (χ4n) is 4.65. The average molecular weight is 334 g/mol. The van der Waals surface area contributed by atoms with Crippen LogP contribution in [0.3, 0.4) is 0 Å². The molecule has 25 heavy (non-hydrogen) atoms. The van der Waals surface area contributed by atoms with Gasteiger partial charge in [-0.15, -0.1) is 0 Å². The van der Waals surface area contributed by atoms with Gasteiger partial charge in [-0.2, -0.15) is 10.2 Å². The van der Waals surface area contributed by atoms with Crippen LogP contribution >= 0.6 is 0 Å². The van der Waals surface area contributed by atoms with E-state index in [9.17, 15) is 0 Å². The van der Waals surface area contributed by atoms with Crippen molar-refractivity contribution >= 4 is 5.69 Å². The van der Waals surface area contributed by atoms with Crippen LogP contribution in [-0.2, 0) is 6.54 Å². The Labute approximate surface area is 149 Å². The molecule has 4 heteroatoms. The second-order valence-electron chi connectivity index (χ2n) is 8.15. The Morgan fingerprint density at radius 3 is 2.20 bits per heavy atom. The van der Waals surface area contributed by atoms with Crippen molar-refractivity contribution in [2.45, 2.75) is 38.6 Å². The molecule has 3 heterocycles. The topological polar surface area (TPSA) is 32.3 Å². The maximum Gasteiger partial charge on any atom is 0.0929 e. The predicted molar refractivity (Wildman–Crippen MR) is 100 cm³/mol. The van der Waals surface area contributed by atoms with Crippen molar-refractivity contribution in [2.75, 3.05) is 31.1 Å². The van der Waals surface area contributed by atoms with Gasteiger partial charge in [0.15, 0.2) is 0 Å². The lowest BCUT2D eigenvalue weighted by molar-refractivity contribution is -0.0651. The van der Waals surface area contributed by atoms with E-state index in [1.807, 2.05) is 0 Å². The molecule has 2 aromatic rings. The zero-order valence-electron chi connectivity index (χ0n) is 14.8. The first-order valence-electron chi connectivity index (χ1n) is 9.70. The number of benzene rings is 1. The summed E-state index contributed by atoms with van der Waals surface area (Å²) < 4.78 is 0. The third-order valence-corrected chi connectivity index (χ3v) is 6.27. The smallest absolute Gasteiger partial charge is 0.0929 e. The molecule has 1 aromatic carbocycles. The van der Waals surface area contributed by atoms with E-state index in [1.165, 1.54) is 64.0 Å². The van der Waals surface area contributed by atoms with Crippen LogP contribution in [0.2, 0.25) is 0 Å². The number of hydrogen-bond donors (Lipinski definition) is 0. The third kappa shape index (κ3) is 2.93. The SMILES string of the molecule is c1cc(N2CCCC2)ccc1-c1ccc(CN2CC3(CCC3)C2)nn1. The van der Waals surface area contributed by atoms with Gasteiger partial charge >= 0.3 is 0 Å². The summed E-state index contributed by atoms with van der Waals surface area (Å²) in [6.07, 6.45) is 6.92. The van der Waals surface area contributed by atoms with E-state index < -0.39 is 0 Å². The molecule has 0 atom stereocenters. The largest absolute Gasteiger partial charge is 0.372 e. The van der Waals surface area contributed by atoms with Crippen molar-refractivity contribution in [2.24, 2.45) is 5.41 Å². The summed E-state index contributed by atoms with van der Waals surface area (Å²) in [4.78, 5) is 4.97. The first kappa shape index (κ1) is 15.3. The van der Waals surface area contributed by atoms with Crippen LogP contribution in [0.15, 0.2) is 36.4 Å². The minimum Gasteiger partial charge on any atom is -0.372 e. The Hall–Kier alpha value is -1.94. The number of likely N-dealkylation sites (tertiary alicyclic amines) is 1. The van der Waals surface area contributed by atoms with E-state index >= 15 is 0 Å². The summed E-state index contributed by atoms with van der Waals surface area (Å²) >= 11 is 0. The van der Waals surface area contributed by atoms with E-state index in [4.69, 9.17) is 0 Å². The lowest BCUT2D eigenvalue weighted by atomic mass is 9.63. The Balaban J connectivity index is 1.22. The minimum absolute atomic E-state index is 0.685. The van der Waals surface area contributed by atoms with E-state index in [1.54, 1.807) is 0 Å². The molecule has 2 saturated heterocycles. The maximum atomic E-state index is 4.47. The van der Waals surface area contributed by atoms with Gasteiger partial charge in [-0.3, -0.25) is 4.90 Å². The predicted octanol–water partition coefficient (Wildman–Crippen LogP) is 3.73. The zero-order valence-corrected chi connectivity index (χ0v) is 14.8. The van der Waals surface area contributed by atoms with Gasteiger partial charge in [-0.25, -0.2) is 0 Å². The summed E-state index contributed by atoms with van der Waals surface area (Å²) in [6, 6.07) is 13.0. The third-order valence-electron chi connectivity index (χ3n) is 6.27.